The second kappa shape index (κ2) is 8.20. The Balaban J connectivity index is 1.30. The molecule has 0 aliphatic heterocycles. The van der Waals surface area contributed by atoms with E-state index in [1.165, 1.54) is 23.5 Å². The van der Waals surface area contributed by atoms with Crippen LogP contribution in [0.25, 0.3) is 10.2 Å². The molecule has 2 heterocycles. The van der Waals surface area contributed by atoms with Crippen LogP contribution in [0.2, 0.25) is 0 Å². The molecule has 2 N–H and O–H groups in total. The van der Waals surface area contributed by atoms with Crippen molar-refractivity contribution < 1.29 is 14.0 Å². The zero-order valence-corrected chi connectivity index (χ0v) is 18.2. The lowest BCUT2D eigenvalue weighted by Gasteiger charge is -2.07. The van der Waals surface area contributed by atoms with Crippen LogP contribution in [-0.2, 0) is 11.3 Å². The molecule has 0 spiro atoms. The third-order valence-electron chi connectivity index (χ3n) is 5.44. The highest BCUT2D eigenvalue weighted by atomic mass is 32.1. The van der Waals surface area contributed by atoms with E-state index in [0.29, 0.717) is 17.1 Å². The van der Waals surface area contributed by atoms with Gasteiger partial charge in [-0.25, -0.2) is 4.39 Å². The predicted octanol–water partition coefficient (Wildman–Crippen LogP) is 5.19. The number of carbonyl (C=O) groups excluding carboxylic acids is 2. The number of anilines is 2. The van der Waals surface area contributed by atoms with E-state index >= 15 is 0 Å². The van der Waals surface area contributed by atoms with E-state index in [1.807, 2.05) is 17.7 Å². The molecule has 0 atom stereocenters. The van der Waals surface area contributed by atoms with Gasteiger partial charge in [0.1, 0.15) is 10.6 Å². The highest BCUT2D eigenvalue weighted by Crippen LogP contribution is 2.31. The number of carbonyl (C=O) groups is 2. The van der Waals surface area contributed by atoms with Crippen LogP contribution in [0.1, 0.15) is 33.8 Å². The molecule has 1 fully saturated rings. The van der Waals surface area contributed by atoms with Gasteiger partial charge in [0.15, 0.2) is 0 Å². The van der Waals surface area contributed by atoms with E-state index in [2.05, 4.69) is 15.7 Å². The second-order valence-corrected chi connectivity index (χ2v) is 9.02. The Bertz CT molecular complexity index is 1300. The summed E-state index contributed by atoms with van der Waals surface area (Å²) in [5, 5.41) is 11.3. The molecule has 2 aromatic heterocycles. The Kier molecular flexibility index (Phi) is 5.22. The number of hydrogen-bond acceptors (Lipinski definition) is 4. The summed E-state index contributed by atoms with van der Waals surface area (Å²) in [6, 6.07) is 15.3. The third kappa shape index (κ3) is 4.27. The molecule has 162 valence electrons. The van der Waals surface area contributed by atoms with Crippen molar-refractivity contribution in [3.63, 3.8) is 0 Å². The van der Waals surface area contributed by atoms with E-state index in [1.54, 1.807) is 36.4 Å². The number of aromatic nitrogens is 2. The summed E-state index contributed by atoms with van der Waals surface area (Å²) in [6.07, 6.45) is 1.91. The number of rotatable bonds is 6. The maximum atomic E-state index is 13.2. The normalized spacial score (nSPS) is 13.3. The van der Waals surface area contributed by atoms with Crippen molar-refractivity contribution in [1.82, 2.24) is 9.78 Å². The average Bonchev–Trinajstić information content (AvgIpc) is 3.47. The molecule has 2 amide bonds. The minimum absolute atomic E-state index is 0.0529. The van der Waals surface area contributed by atoms with E-state index < -0.39 is 0 Å². The van der Waals surface area contributed by atoms with Crippen LogP contribution in [0.15, 0.2) is 54.6 Å². The summed E-state index contributed by atoms with van der Waals surface area (Å²) >= 11 is 1.37. The van der Waals surface area contributed by atoms with Gasteiger partial charge < -0.3 is 10.6 Å². The van der Waals surface area contributed by atoms with Gasteiger partial charge in [0.05, 0.1) is 17.1 Å². The van der Waals surface area contributed by atoms with Gasteiger partial charge in [0.2, 0.25) is 5.91 Å². The molecule has 8 heteroatoms. The first-order valence-electron chi connectivity index (χ1n) is 10.4. The number of halogens is 1. The lowest BCUT2D eigenvalue weighted by molar-refractivity contribution is -0.117. The van der Waals surface area contributed by atoms with Crippen molar-refractivity contribution in [3.8, 4) is 0 Å². The molecule has 2 aromatic carbocycles. The van der Waals surface area contributed by atoms with E-state index in [-0.39, 0.29) is 23.5 Å². The first kappa shape index (κ1) is 20.4. The van der Waals surface area contributed by atoms with Crippen LogP contribution in [0.3, 0.4) is 0 Å². The van der Waals surface area contributed by atoms with Crippen molar-refractivity contribution in [2.24, 2.45) is 5.92 Å². The summed E-state index contributed by atoms with van der Waals surface area (Å²) in [7, 11) is 0. The Hall–Kier alpha value is -3.52. The molecule has 5 rings (SSSR count). The van der Waals surface area contributed by atoms with Gasteiger partial charge in [-0.05, 0) is 67.8 Å². The number of fused-ring (bicyclic) bond motifs is 1. The Morgan fingerprint density at radius 1 is 1.06 bits per heavy atom. The molecule has 6 nitrogen and oxygen atoms in total. The summed E-state index contributed by atoms with van der Waals surface area (Å²) in [6.45, 7) is 2.41. The van der Waals surface area contributed by atoms with E-state index in [0.717, 1.165) is 40.0 Å². The molecular weight excluding hydrogens is 427 g/mol. The standard InChI is InChI=1S/C24H21FN4O2S/c1-14-20-12-21(32-24(20)29(28-14)13-15-2-6-17(25)7-3-15)23(31)27-19-10-8-18(9-11-19)26-22(30)16-4-5-16/h2-3,6-12,16H,4-5,13H2,1H3,(H,26,30)(H,27,31). The predicted molar refractivity (Wildman–Crippen MR) is 124 cm³/mol. The minimum atomic E-state index is -0.274. The van der Waals surface area contributed by atoms with Crippen molar-refractivity contribution >= 4 is 44.7 Å². The first-order chi connectivity index (χ1) is 15.5. The van der Waals surface area contributed by atoms with Crippen LogP contribution in [0.5, 0.6) is 0 Å². The van der Waals surface area contributed by atoms with Crippen molar-refractivity contribution in [1.29, 1.82) is 0 Å². The molecule has 1 saturated carbocycles. The number of aryl methyl sites for hydroxylation is 1. The van der Waals surface area contributed by atoms with Crippen LogP contribution in [0.4, 0.5) is 15.8 Å². The van der Waals surface area contributed by atoms with Crippen molar-refractivity contribution in [3.05, 3.63) is 76.5 Å². The summed E-state index contributed by atoms with van der Waals surface area (Å²) < 4.78 is 15.0. The number of nitrogens with zero attached hydrogens (tertiary/aromatic N) is 2. The van der Waals surface area contributed by atoms with E-state index in [4.69, 9.17) is 0 Å². The van der Waals surface area contributed by atoms with Gasteiger partial charge in [-0.3, -0.25) is 14.3 Å². The van der Waals surface area contributed by atoms with Gasteiger partial charge in [0.25, 0.3) is 5.91 Å². The third-order valence-corrected chi connectivity index (χ3v) is 6.58. The number of amides is 2. The molecule has 1 aliphatic rings. The van der Waals surface area contributed by atoms with Gasteiger partial charge in [-0.2, -0.15) is 5.10 Å². The average molecular weight is 449 g/mol. The fourth-order valence-electron chi connectivity index (χ4n) is 3.51. The number of benzene rings is 2. The van der Waals surface area contributed by atoms with Crippen LogP contribution in [-0.4, -0.2) is 21.6 Å². The molecule has 4 aromatic rings. The zero-order valence-electron chi connectivity index (χ0n) is 17.4. The number of thiophene rings is 1. The summed E-state index contributed by atoms with van der Waals surface area (Å²) in [4.78, 5) is 26.2. The highest BCUT2D eigenvalue weighted by Gasteiger charge is 2.29. The molecule has 0 radical (unpaired) electrons. The number of nitrogens with one attached hydrogen (secondary N) is 2. The van der Waals surface area contributed by atoms with Gasteiger partial charge in [0, 0.05) is 22.7 Å². The fraction of sp³-hybridized carbons (Fsp3) is 0.208. The topological polar surface area (TPSA) is 76.0 Å². The summed E-state index contributed by atoms with van der Waals surface area (Å²) in [5.41, 5.74) is 3.15. The quantitative estimate of drug-likeness (QED) is 0.426. The lowest BCUT2D eigenvalue weighted by atomic mass is 10.2. The molecule has 0 unspecified atom stereocenters. The van der Waals surface area contributed by atoms with Gasteiger partial charge >= 0.3 is 0 Å². The largest absolute Gasteiger partial charge is 0.326 e. The van der Waals surface area contributed by atoms with Crippen LogP contribution in [0, 0.1) is 18.7 Å². The van der Waals surface area contributed by atoms with Crippen molar-refractivity contribution in [2.45, 2.75) is 26.3 Å². The van der Waals surface area contributed by atoms with Crippen LogP contribution < -0.4 is 10.6 Å². The second-order valence-electron chi connectivity index (χ2n) is 7.99. The molecule has 32 heavy (non-hydrogen) atoms. The maximum Gasteiger partial charge on any atom is 0.265 e. The fourth-order valence-corrected chi connectivity index (χ4v) is 4.57. The first-order valence-corrected chi connectivity index (χ1v) is 11.2. The smallest absolute Gasteiger partial charge is 0.265 e. The van der Waals surface area contributed by atoms with Gasteiger partial charge in [-0.15, -0.1) is 11.3 Å². The van der Waals surface area contributed by atoms with Crippen LogP contribution >= 0.6 is 11.3 Å². The highest BCUT2D eigenvalue weighted by molar-refractivity contribution is 7.20. The summed E-state index contributed by atoms with van der Waals surface area (Å²) in [5.74, 6) is -0.278. The van der Waals surface area contributed by atoms with E-state index in [9.17, 15) is 14.0 Å². The minimum Gasteiger partial charge on any atom is -0.326 e. The zero-order chi connectivity index (χ0) is 22.2. The molecular formula is C24H21FN4O2S. The monoisotopic (exact) mass is 448 g/mol. The van der Waals surface area contributed by atoms with Gasteiger partial charge in [-0.1, -0.05) is 12.1 Å². The Morgan fingerprint density at radius 2 is 1.72 bits per heavy atom. The lowest BCUT2D eigenvalue weighted by Crippen LogP contribution is -2.13. The maximum absolute atomic E-state index is 13.2. The molecule has 0 saturated heterocycles. The number of hydrogen-bond donors (Lipinski definition) is 2. The SMILES string of the molecule is Cc1nn(Cc2ccc(F)cc2)c2sc(C(=O)Nc3ccc(NC(=O)C4CC4)cc3)cc12. The molecule has 0 bridgehead atoms. The Labute approximate surface area is 188 Å². The molecule has 1 aliphatic carbocycles. The Morgan fingerprint density at radius 3 is 2.38 bits per heavy atom. The van der Waals surface area contributed by atoms with Crippen molar-refractivity contribution in [2.75, 3.05) is 10.6 Å².